The summed E-state index contributed by atoms with van der Waals surface area (Å²) in [4.78, 5) is 18.0. The average molecular weight is 230 g/mol. The summed E-state index contributed by atoms with van der Waals surface area (Å²) in [6, 6.07) is 5.44. The molecular formula is C12H14N4O. The molecule has 5 nitrogen and oxygen atoms in total. The van der Waals surface area contributed by atoms with Crippen LogP contribution in [0.2, 0.25) is 0 Å². The highest BCUT2D eigenvalue weighted by Crippen LogP contribution is 2.24. The minimum Gasteiger partial charge on any atom is -0.352 e. The van der Waals surface area contributed by atoms with Crippen molar-refractivity contribution in [3.05, 3.63) is 23.9 Å². The van der Waals surface area contributed by atoms with Crippen LogP contribution in [0.5, 0.6) is 0 Å². The molecular weight excluding hydrogens is 216 g/mol. The molecule has 1 aliphatic heterocycles. The van der Waals surface area contributed by atoms with Gasteiger partial charge in [0.05, 0.1) is 11.6 Å². The molecule has 0 aliphatic carbocycles. The van der Waals surface area contributed by atoms with E-state index in [4.69, 9.17) is 5.26 Å². The van der Waals surface area contributed by atoms with Crippen molar-refractivity contribution in [1.82, 2.24) is 10.3 Å². The third-order valence-electron chi connectivity index (χ3n) is 3.00. The fourth-order valence-corrected chi connectivity index (χ4v) is 1.94. The fraction of sp³-hybridized carbons (Fsp3) is 0.417. The van der Waals surface area contributed by atoms with Gasteiger partial charge < -0.3 is 10.2 Å². The first kappa shape index (κ1) is 11.4. The summed E-state index contributed by atoms with van der Waals surface area (Å²) < 4.78 is 0. The molecule has 0 bridgehead atoms. The lowest BCUT2D eigenvalue weighted by molar-refractivity contribution is -0.126. The molecule has 1 N–H and O–H groups in total. The highest BCUT2D eigenvalue weighted by Gasteiger charge is 2.38. The Kier molecular flexibility index (Phi) is 2.72. The molecule has 0 saturated carbocycles. The molecule has 1 aromatic rings. The summed E-state index contributed by atoms with van der Waals surface area (Å²) in [6.45, 7) is 4.99. The lowest BCUT2D eigenvalue weighted by atomic mass is 9.99. The van der Waals surface area contributed by atoms with E-state index >= 15 is 0 Å². The number of amides is 1. The van der Waals surface area contributed by atoms with Gasteiger partial charge in [0.1, 0.15) is 11.4 Å². The van der Waals surface area contributed by atoms with Gasteiger partial charge in [-0.15, -0.1) is 0 Å². The van der Waals surface area contributed by atoms with Gasteiger partial charge in [-0.3, -0.25) is 4.79 Å². The van der Waals surface area contributed by atoms with E-state index in [1.165, 1.54) is 0 Å². The zero-order valence-electron chi connectivity index (χ0n) is 9.90. The van der Waals surface area contributed by atoms with Crippen molar-refractivity contribution in [2.24, 2.45) is 0 Å². The summed E-state index contributed by atoms with van der Waals surface area (Å²) >= 11 is 0. The third-order valence-corrected chi connectivity index (χ3v) is 3.00. The Balaban J connectivity index is 2.38. The Bertz CT molecular complexity index is 490. The number of pyridine rings is 1. The first-order valence-electron chi connectivity index (χ1n) is 5.48. The van der Waals surface area contributed by atoms with Crippen LogP contribution in [0.25, 0.3) is 0 Å². The molecule has 17 heavy (non-hydrogen) atoms. The molecule has 2 heterocycles. The van der Waals surface area contributed by atoms with Crippen molar-refractivity contribution in [2.75, 3.05) is 18.0 Å². The zero-order valence-corrected chi connectivity index (χ0v) is 9.90. The van der Waals surface area contributed by atoms with Crippen LogP contribution in [0, 0.1) is 11.3 Å². The number of hydrogen-bond donors (Lipinski definition) is 1. The van der Waals surface area contributed by atoms with Gasteiger partial charge in [0.15, 0.2) is 0 Å². The van der Waals surface area contributed by atoms with E-state index in [2.05, 4.69) is 16.4 Å². The number of hydrogen-bond acceptors (Lipinski definition) is 4. The molecule has 0 atom stereocenters. The first-order valence-corrected chi connectivity index (χ1v) is 5.48. The number of anilines is 1. The second-order valence-electron chi connectivity index (χ2n) is 4.48. The van der Waals surface area contributed by atoms with E-state index in [-0.39, 0.29) is 5.91 Å². The van der Waals surface area contributed by atoms with Gasteiger partial charge in [-0.05, 0) is 26.0 Å². The number of piperazine rings is 1. The molecule has 0 unspecified atom stereocenters. The molecule has 88 valence electrons. The van der Waals surface area contributed by atoms with Crippen LogP contribution in [-0.4, -0.2) is 29.5 Å². The summed E-state index contributed by atoms with van der Waals surface area (Å²) in [5.41, 5.74) is -0.0870. The molecule has 1 saturated heterocycles. The number of nitriles is 1. The van der Waals surface area contributed by atoms with Gasteiger partial charge in [-0.25, -0.2) is 4.98 Å². The van der Waals surface area contributed by atoms with E-state index in [9.17, 15) is 4.79 Å². The maximum absolute atomic E-state index is 11.8. The molecule has 1 fully saturated rings. The van der Waals surface area contributed by atoms with Crippen molar-refractivity contribution >= 4 is 11.7 Å². The smallest absolute Gasteiger partial charge is 0.245 e. The average Bonchev–Trinajstić information content (AvgIpc) is 2.32. The van der Waals surface area contributed by atoms with Gasteiger partial charge in [-0.1, -0.05) is 0 Å². The summed E-state index contributed by atoms with van der Waals surface area (Å²) in [5, 5.41) is 11.7. The number of aromatic nitrogens is 1. The Morgan fingerprint density at radius 3 is 3.06 bits per heavy atom. The summed E-state index contributed by atoms with van der Waals surface area (Å²) in [5.74, 6) is 0.650. The van der Waals surface area contributed by atoms with Crippen LogP contribution in [0.1, 0.15) is 19.4 Å². The predicted octanol–water partition coefficient (Wildman–Crippen LogP) is 0.668. The Morgan fingerprint density at radius 2 is 2.35 bits per heavy atom. The lowest BCUT2D eigenvalue weighted by Gasteiger charge is -2.42. The second kappa shape index (κ2) is 4.06. The monoisotopic (exact) mass is 230 g/mol. The SMILES string of the molecule is CC1(C)C(=O)NCCN1c1cc(C#N)ccn1. The molecule has 0 spiro atoms. The standard InChI is InChI=1S/C12H14N4O/c1-12(2)11(17)15-5-6-16(12)10-7-9(8-13)3-4-14-10/h3-4,7H,5-6H2,1-2H3,(H,15,17). The van der Waals surface area contributed by atoms with Crippen molar-refractivity contribution < 1.29 is 4.79 Å². The van der Waals surface area contributed by atoms with Crippen LogP contribution in [0.3, 0.4) is 0 Å². The van der Waals surface area contributed by atoms with Crippen LogP contribution in [0.4, 0.5) is 5.82 Å². The molecule has 1 amide bonds. The third kappa shape index (κ3) is 1.94. The van der Waals surface area contributed by atoms with Crippen LogP contribution in [0.15, 0.2) is 18.3 Å². The minimum atomic E-state index is -0.640. The number of nitrogens with zero attached hydrogens (tertiary/aromatic N) is 3. The Morgan fingerprint density at radius 1 is 1.59 bits per heavy atom. The van der Waals surface area contributed by atoms with Crippen molar-refractivity contribution in [3.63, 3.8) is 0 Å². The van der Waals surface area contributed by atoms with Crippen LogP contribution in [-0.2, 0) is 4.79 Å². The first-order chi connectivity index (χ1) is 8.05. The van der Waals surface area contributed by atoms with Gasteiger partial charge in [0.2, 0.25) is 5.91 Å². The summed E-state index contributed by atoms with van der Waals surface area (Å²) in [7, 11) is 0. The molecule has 5 heteroatoms. The topological polar surface area (TPSA) is 69.0 Å². The van der Waals surface area contributed by atoms with E-state index in [1.54, 1.807) is 18.3 Å². The van der Waals surface area contributed by atoms with Crippen molar-refractivity contribution in [2.45, 2.75) is 19.4 Å². The quantitative estimate of drug-likeness (QED) is 0.769. The van der Waals surface area contributed by atoms with E-state index in [0.29, 0.717) is 24.5 Å². The number of rotatable bonds is 1. The predicted molar refractivity (Wildman–Crippen MR) is 63.4 cm³/mol. The normalized spacial score (nSPS) is 18.4. The molecule has 0 aromatic carbocycles. The molecule has 1 aromatic heterocycles. The molecule has 2 rings (SSSR count). The highest BCUT2D eigenvalue weighted by atomic mass is 16.2. The van der Waals surface area contributed by atoms with Gasteiger partial charge in [0, 0.05) is 19.3 Å². The number of nitrogens with one attached hydrogen (secondary N) is 1. The largest absolute Gasteiger partial charge is 0.352 e. The van der Waals surface area contributed by atoms with Gasteiger partial charge in [0.25, 0.3) is 0 Å². The maximum Gasteiger partial charge on any atom is 0.245 e. The highest BCUT2D eigenvalue weighted by molar-refractivity contribution is 5.90. The summed E-state index contributed by atoms with van der Waals surface area (Å²) in [6.07, 6.45) is 1.59. The van der Waals surface area contributed by atoms with Crippen LogP contribution < -0.4 is 10.2 Å². The minimum absolute atomic E-state index is 0.0205. The van der Waals surface area contributed by atoms with E-state index in [0.717, 1.165) is 0 Å². The van der Waals surface area contributed by atoms with E-state index < -0.39 is 5.54 Å². The lowest BCUT2D eigenvalue weighted by Crippen LogP contribution is -2.62. The Hall–Kier alpha value is -2.09. The fourth-order valence-electron chi connectivity index (χ4n) is 1.94. The zero-order chi connectivity index (χ0) is 12.5. The molecule has 1 aliphatic rings. The molecule has 0 radical (unpaired) electrons. The maximum atomic E-state index is 11.8. The Labute approximate surface area is 100 Å². The van der Waals surface area contributed by atoms with Gasteiger partial charge in [-0.2, -0.15) is 5.26 Å². The van der Waals surface area contributed by atoms with Crippen LogP contribution >= 0.6 is 0 Å². The van der Waals surface area contributed by atoms with Crippen molar-refractivity contribution in [1.29, 1.82) is 5.26 Å². The van der Waals surface area contributed by atoms with E-state index in [1.807, 2.05) is 18.7 Å². The van der Waals surface area contributed by atoms with Crippen molar-refractivity contribution in [3.8, 4) is 6.07 Å². The number of carbonyl (C=O) groups excluding carboxylic acids is 1. The number of carbonyl (C=O) groups is 1. The second-order valence-corrected chi connectivity index (χ2v) is 4.48. The van der Waals surface area contributed by atoms with Gasteiger partial charge >= 0.3 is 0 Å².